The molecule has 5 heteroatoms. The van der Waals surface area contributed by atoms with Crippen molar-refractivity contribution in [3.05, 3.63) is 0 Å². The zero-order valence-electron chi connectivity index (χ0n) is 7.69. The fraction of sp³-hybridized carbons (Fsp3) is 0.778. The van der Waals surface area contributed by atoms with Crippen molar-refractivity contribution in [2.45, 2.75) is 31.7 Å². The van der Waals surface area contributed by atoms with Crippen LogP contribution in [0.25, 0.3) is 0 Å². The fourth-order valence-corrected chi connectivity index (χ4v) is 2.71. The minimum Gasteiger partial charge on any atom is -0.481 e. The van der Waals surface area contributed by atoms with Gasteiger partial charge in [-0.1, -0.05) is 6.42 Å². The highest BCUT2D eigenvalue weighted by Crippen LogP contribution is 2.58. The average molecular weight is 199 g/mol. The molecule has 2 atom stereocenters. The van der Waals surface area contributed by atoms with Crippen molar-refractivity contribution in [2.75, 3.05) is 0 Å². The van der Waals surface area contributed by atoms with E-state index in [2.05, 4.69) is 5.32 Å². The van der Waals surface area contributed by atoms with E-state index in [1.54, 1.807) is 0 Å². The van der Waals surface area contributed by atoms with Crippen molar-refractivity contribution in [3.63, 3.8) is 0 Å². The van der Waals surface area contributed by atoms with Crippen LogP contribution in [0.5, 0.6) is 0 Å². The Morgan fingerprint density at radius 2 is 1.93 bits per heavy atom. The van der Waals surface area contributed by atoms with Crippen molar-refractivity contribution in [3.8, 4) is 0 Å². The predicted molar refractivity (Wildman–Crippen MR) is 47.0 cm³/mol. The smallest absolute Gasteiger partial charge is 0.404 e. The minimum absolute atomic E-state index is 0.0263. The molecule has 0 saturated heterocycles. The van der Waals surface area contributed by atoms with E-state index in [9.17, 15) is 9.59 Å². The SMILES string of the molecule is O=C(O)NC1C(C(=O)O)CC12CCC2. The van der Waals surface area contributed by atoms with Gasteiger partial charge in [0.05, 0.1) is 12.0 Å². The summed E-state index contributed by atoms with van der Waals surface area (Å²) in [6, 6.07) is -0.369. The van der Waals surface area contributed by atoms with E-state index in [0.29, 0.717) is 6.42 Å². The zero-order valence-corrected chi connectivity index (χ0v) is 7.69. The molecular weight excluding hydrogens is 186 g/mol. The molecule has 1 spiro atoms. The molecule has 2 rings (SSSR count). The molecule has 14 heavy (non-hydrogen) atoms. The molecule has 3 N–H and O–H groups in total. The second-order valence-corrected chi connectivity index (χ2v) is 4.29. The number of hydrogen-bond acceptors (Lipinski definition) is 2. The second kappa shape index (κ2) is 2.87. The van der Waals surface area contributed by atoms with Gasteiger partial charge < -0.3 is 15.5 Å². The summed E-state index contributed by atoms with van der Waals surface area (Å²) in [4.78, 5) is 21.3. The third-order valence-corrected chi connectivity index (χ3v) is 3.63. The molecule has 0 heterocycles. The molecule has 2 unspecified atom stereocenters. The van der Waals surface area contributed by atoms with E-state index >= 15 is 0 Å². The van der Waals surface area contributed by atoms with E-state index in [-0.39, 0.29) is 11.5 Å². The molecule has 2 fully saturated rings. The Bertz CT molecular complexity index is 285. The van der Waals surface area contributed by atoms with E-state index in [0.717, 1.165) is 19.3 Å². The Hall–Kier alpha value is -1.26. The van der Waals surface area contributed by atoms with Gasteiger partial charge in [0, 0.05) is 0 Å². The lowest BCUT2D eigenvalue weighted by atomic mass is 9.48. The molecule has 2 aliphatic carbocycles. The first kappa shape index (κ1) is 9.30. The molecule has 1 amide bonds. The highest BCUT2D eigenvalue weighted by Gasteiger charge is 2.59. The van der Waals surface area contributed by atoms with Gasteiger partial charge in [-0.05, 0) is 24.7 Å². The normalized spacial score (nSPS) is 32.9. The lowest BCUT2D eigenvalue weighted by Crippen LogP contribution is -2.65. The number of carboxylic acid groups (broad SMARTS) is 2. The van der Waals surface area contributed by atoms with E-state index in [1.165, 1.54) is 0 Å². The Kier molecular flexibility index (Phi) is 1.90. The molecule has 0 aromatic carbocycles. The average Bonchev–Trinajstić information content (AvgIpc) is 1.94. The van der Waals surface area contributed by atoms with E-state index < -0.39 is 18.0 Å². The molecule has 2 aliphatic rings. The van der Waals surface area contributed by atoms with Crippen molar-refractivity contribution in [2.24, 2.45) is 11.3 Å². The summed E-state index contributed by atoms with van der Waals surface area (Å²) in [5.74, 6) is -1.41. The molecule has 0 aromatic rings. The van der Waals surface area contributed by atoms with Crippen LogP contribution in [0.1, 0.15) is 25.7 Å². The number of carbonyl (C=O) groups is 2. The molecule has 0 aliphatic heterocycles. The summed E-state index contributed by atoms with van der Waals surface area (Å²) >= 11 is 0. The summed E-state index contributed by atoms with van der Waals surface area (Å²) in [5.41, 5.74) is -0.0263. The predicted octanol–water partition coefficient (Wildman–Crippen LogP) is 0.897. The van der Waals surface area contributed by atoms with Crippen LogP contribution in [-0.4, -0.2) is 28.3 Å². The highest BCUT2D eigenvalue weighted by atomic mass is 16.4. The van der Waals surface area contributed by atoms with Crippen LogP contribution in [0.3, 0.4) is 0 Å². The van der Waals surface area contributed by atoms with Crippen LogP contribution in [-0.2, 0) is 4.79 Å². The fourth-order valence-electron chi connectivity index (χ4n) is 2.71. The standard InChI is InChI=1S/C9H13NO4/c11-7(12)5-4-9(2-1-3-9)6(5)10-8(13)14/h5-6,10H,1-4H2,(H,11,12)(H,13,14). The topological polar surface area (TPSA) is 86.6 Å². The maximum absolute atomic E-state index is 10.8. The van der Waals surface area contributed by atoms with Gasteiger partial charge >= 0.3 is 12.1 Å². The third-order valence-electron chi connectivity index (χ3n) is 3.63. The van der Waals surface area contributed by atoms with Gasteiger partial charge in [0.2, 0.25) is 0 Å². The number of rotatable bonds is 2. The quantitative estimate of drug-likeness (QED) is 0.616. The Morgan fingerprint density at radius 3 is 2.29 bits per heavy atom. The summed E-state index contributed by atoms with van der Waals surface area (Å²) in [5, 5.41) is 19.8. The first-order valence-electron chi connectivity index (χ1n) is 4.77. The Morgan fingerprint density at radius 1 is 1.29 bits per heavy atom. The van der Waals surface area contributed by atoms with Gasteiger partial charge in [-0.3, -0.25) is 4.79 Å². The van der Waals surface area contributed by atoms with Gasteiger partial charge in [0.1, 0.15) is 0 Å². The van der Waals surface area contributed by atoms with Crippen molar-refractivity contribution in [1.29, 1.82) is 0 Å². The van der Waals surface area contributed by atoms with Crippen LogP contribution >= 0.6 is 0 Å². The van der Waals surface area contributed by atoms with Crippen LogP contribution in [0.4, 0.5) is 4.79 Å². The molecule has 0 aromatic heterocycles. The van der Waals surface area contributed by atoms with Crippen LogP contribution in [0.15, 0.2) is 0 Å². The van der Waals surface area contributed by atoms with Crippen molar-refractivity contribution in [1.82, 2.24) is 5.32 Å². The van der Waals surface area contributed by atoms with Gasteiger partial charge in [-0.2, -0.15) is 0 Å². The monoisotopic (exact) mass is 199 g/mol. The highest BCUT2D eigenvalue weighted by molar-refractivity contribution is 5.75. The number of hydrogen-bond donors (Lipinski definition) is 3. The Labute approximate surface area is 81.1 Å². The molecular formula is C9H13NO4. The maximum Gasteiger partial charge on any atom is 0.404 e. The van der Waals surface area contributed by atoms with Crippen molar-refractivity contribution >= 4 is 12.1 Å². The van der Waals surface area contributed by atoms with Crippen LogP contribution in [0, 0.1) is 11.3 Å². The third kappa shape index (κ3) is 1.15. The lowest BCUT2D eigenvalue weighted by Gasteiger charge is -2.58. The molecule has 2 saturated carbocycles. The summed E-state index contributed by atoms with van der Waals surface area (Å²) < 4.78 is 0. The lowest BCUT2D eigenvalue weighted by molar-refractivity contribution is -0.160. The molecule has 0 radical (unpaired) electrons. The van der Waals surface area contributed by atoms with Gasteiger partial charge in [-0.15, -0.1) is 0 Å². The molecule has 78 valence electrons. The van der Waals surface area contributed by atoms with Gasteiger partial charge in [0.15, 0.2) is 0 Å². The number of amides is 1. The largest absolute Gasteiger partial charge is 0.481 e. The van der Waals surface area contributed by atoms with Crippen LogP contribution < -0.4 is 5.32 Å². The van der Waals surface area contributed by atoms with Gasteiger partial charge in [0.25, 0.3) is 0 Å². The summed E-state index contributed by atoms with van der Waals surface area (Å²) in [7, 11) is 0. The molecule has 0 bridgehead atoms. The molecule has 5 nitrogen and oxygen atoms in total. The van der Waals surface area contributed by atoms with Crippen molar-refractivity contribution < 1.29 is 19.8 Å². The summed E-state index contributed by atoms with van der Waals surface area (Å²) in [6.45, 7) is 0. The first-order valence-corrected chi connectivity index (χ1v) is 4.77. The van der Waals surface area contributed by atoms with Crippen LogP contribution in [0.2, 0.25) is 0 Å². The number of aliphatic carboxylic acids is 1. The minimum atomic E-state index is -1.12. The number of nitrogens with one attached hydrogen (secondary N) is 1. The maximum atomic E-state index is 10.8. The first-order chi connectivity index (χ1) is 6.55. The number of carboxylic acids is 1. The second-order valence-electron chi connectivity index (χ2n) is 4.29. The van der Waals surface area contributed by atoms with E-state index in [1.807, 2.05) is 0 Å². The van der Waals surface area contributed by atoms with E-state index in [4.69, 9.17) is 10.2 Å². The zero-order chi connectivity index (χ0) is 10.3. The summed E-state index contributed by atoms with van der Waals surface area (Å²) in [6.07, 6.45) is 2.52. The Balaban J connectivity index is 2.05. The van der Waals surface area contributed by atoms with Gasteiger partial charge in [-0.25, -0.2) is 4.79 Å².